The highest BCUT2D eigenvalue weighted by Crippen LogP contribution is 2.18. The van der Waals surface area contributed by atoms with Crippen molar-refractivity contribution in [1.82, 2.24) is 19.7 Å². The zero-order valence-electron chi connectivity index (χ0n) is 8.94. The Morgan fingerprint density at radius 1 is 1.53 bits per heavy atom. The number of H-pyrrole nitrogens is 1. The first-order valence-electron chi connectivity index (χ1n) is 5.00. The summed E-state index contributed by atoms with van der Waals surface area (Å²) in [5.74, 6) is 0.830. The molecule has 2 aromatic heterocycles. The van der Waals surface area contributed by atoms with Crippen molar-refractivity contribution in [3.63, 3.8) is 0 Å². The van der Waals surface area contributed by atoms with E-state index in [4.69, 9.17) is 5.73 Å². The average molecular weight is 205 g/mol. The smallest absolute Gasteiger partial charge is 0.123 e. The van der Waals surface area contributed by atoms with Gasteiger partial charge in [0.1, 0.15) is 5.82 Å². The van der Waals surface area contributed by atoms with Crippen molar-refractivity contribution in [3.8, 4) is 11.3 Å². The Hall–Kier alpha value is -1.62. The van der Waals surface area contributed by atoms with E-state index in [1.165, 1.54) is 0 Å². The number of imidazole rings is 1. The summed E-state index contributed by atoms with van der Waals surface area (Å²) in [6.45, 7) is 2.04. The lowest BCUT2D eigenvalue weighted by Gasteiger charge is -2.02. The van der Waals surface area contributed by atoms with Gasteiger partial charge >= 0.3 is 0 Å². The number of aromatic nitrogens is 4. The van der Waals surface area contributed by atoms with Crippen molar-refractivity contribution in [1.29, 1.82) is 0 Å². The quantitative estimate of drug-likeness (QED) is 0.791. The monoisotopic (exact) mass is 205 g/mol. The number of nitrogens with zero attached hydrogens (tertiary/aromatic N) is 3. The van der Waals surface area contributed by atoms with Gasteiger partial charge in [-0.15, -0.1) is 0 Å². The van der Waals surface area contributed by atoms with E-state index in [9.17, 15) is 0 Å². The lowest BCUT2D eigenvalue weighted by Crippen LogP contribution is -2.10. The van der Waals surface area contributed by atoms with Crippen LogP contribution in [-0.4, -0.2) is 19.7 Å². The highest BCUT2D eigenvalue weighted by molar-refractivity contribution is 5.56. The van der Waals surface area contributed by atoms with Gasteiger partial charge in [-0.05, 0) is 6.42 Å². The molecule has 0 aromatic carbocycles. The van der Waals surface area contributed by atoms with Gasteiger partial charge < -0.3 is 10.7 Å². The first kappa shape index (κ1) is 9.92. The van der Waals surface area contributed by atoms with Crippen LogP contribution in [0, 0.1) is 0 Å². The van der Waals surface area contributed by atoms with Gasteiger partial charge in [0.05, 0.1) is 24.1 Å². The first-order valence-corrected chi connectivity index (χ1v) is 5.00. The third kappa shape index (κ3) is 1.92. The van der Waals surface area contributed by atoms with Crippen LogP contribution in [0.2, 0.25) is 0 Å². The maximum atomic E-state index is 5.88. The molecule has 0 saturated heterocycles. The molecule has 5 nitrogen and oxygen atoms in total. The number of hydrogen-bond donors (Lipinski definition) is 2. The first-order chi connectivity index (χ1) is 7.20. The lowest BCUT2D eigenvalue weighted by molar-refractivity contribution is 0.658. The number of hydrogen-bond acceptors (Lipinski definition) is 3. The number of aryl methyl sites for hydroxylation is 1. The molecule has 2 heterocycles. The zero-order chi connectivity index (χ0) is 10.8. The third-order valence-electron chi connectivity index (χ3n) is 2.40. The molecular formula is C10H15N5. The van der Waals surface area contributed by atoms with E-state index in [1.54, 1.807) is 17.1 Å². The highest BCUT2D eigenvalue weighted by atomic mass is 15.2. The molecule has 0 spiro atoms. The Balaban J connectivity index is 2.27. The van der Waals surface area contributed by atoms with Crippen molar-refractivity contribution in [2.75, 3.05) is 0 Å². The number of nitrogens with one attached hydrogen (secondary N) is 1. The van der Waals surface area contributed by atoms with E-state index in [1.807, 2.05) is 20.2 Å². The molecule has 0 aliphatic heterocycles. The van der Waals surface area contributed by atoms with E-state index in [0.717, 1.165) is 23.5 Å². The standard InChI is InChI=1S/C10H15N5/c1-3-8(11)10-12-5-9(14-10)7-4-13-15(2)6-7/h4-6,8H,3,11H2,1-2H3,(H,12,14). The van der Waals surface area contributed by atoms with Crippen LogP contribution in [0.4, 0.5) is 0 Å². The van der Waals surface area contributed by atoms with E-state index in [-0.39, 0.29) is 6.04 Å². The van der Waals surface area contributed by atoms with Gasteiger partial charge in [-0.3, -0.25) is 4.68 Å². The third-order valence-corrected chi connectivity index (χ3v) is 2.40. The lowest BCUT2D eigenvalue weighted by atomic mass is 10.2. The van der Waals surface area contributed by atoms with Crippen molar-refractivity contribution in [2.45, 2.75) is 19.4 Å². The molecule has 0 radical (unpaired) electrons. The van der Waals surface area contributed by atoms with Gasteiger partial charge in [0.2, 0.25) is 0 Å². The molecule has 3 N–H and O–H groups in total. The van der Waals surface area contributed by atoms with Crippen LogP contribution < -0.4 is 5.73 Å². The van der Waals surface area contributed by atoms with Crippen molar-refractivity contribution in [3.05, 3.63) is 24.4 Å². The maximum Gasteiger partial charge on any atom is 0.123 e. The molecule has 0 aliphatic carbocycles. The molecule has 2 rings (SSSR count). The fourth-order valence-electron chi connectivity index (χ4n) is 1.43. The molecule has 0 saturated carbocycles. The predicted octanol–water partition coefficient (Wildman–Crippen LogP) is 1.22. The van der Waals surface area contributed by atoms with E-state index >= 15 is 0 Å². The Bertz CT molecular complexity index is 442. The fraction of sp³-hybridized carbons (Fsp3) is 0.400. The van der Waals surface area contributed by atoms with Crippen LogP contribution in [0.25, 0.3) is 11.3 Å². The SMILES string of the molecule is CCC(N)c1ncc(-c2cnn(C)c2)[nH]1. The van der Waals surface area contributed by atoms with E-state index in [0.29, 0.717) is 0 Å². The number of rotatable bonds is 3. The van der Waals surface area contributed by atoms with Crippen molar-refractivity contribution < 1.29 is 0 Å². The second kappa shape index (κ2) is 3.86. The van der Waals surface area contributed by atoms with Crippen LogP contribution in [0.3, 0.4) is 0 Å². The number of nitrogens with two attached hydrogens (primary N) is 1. The molecular weight excluding hydrogens is 190 g/mol. The summed E-state index contributed by atoms with van der Waals surface area (Å²) < 4.78 is 1.76. The normalized spacial score (nSPS) is 13.0. The second-order valence-corrected chi connectivity index (χ2v) is 3.60. The Labute approximate surface area is 88.3 Å². The van der Waals surface area contributed by atoms with Gasteiger partial charge in [-0.25, -0.2) is 4.98 Å². The second-order valence-electron chi connectivity index (χ2n) is 3.60. The van der Waals surface area contributed by atoms with Crippen molar-refractivity contribution in [2.24, 2.45) is 12.8 Å². The zero-order valence-corrected chi connectivity index (χ0v) is 8.94. The van der Waals surface area contributed by atoms with Gasteiger partial charge in [0, 0.05) is 18.8 Å². The minimum atomic E-state index is -0.0181. The molecule has 0 aliphatic rings. The highest BCUT2D eigenvalue weighted by Gasteiger charge is 2.09. The van der Waals surface area contributed by atoms with Gasteiger partial charge in [-0.1, -0.05) is 6.92 Å². The summed E-state index contributed by atoms with van der Waals surface area (Å²) in [5.41, 5.74) is 7.86. The van der Waals surface area contributed by atoms with Crippen LogP contribution in [0.1, 0.15) is 25.2 Å². The molecule has 2 aromatic rings. The van der Waals surface area contributed by atoms with Crippen LogP contribution >= 0.6 is 0 Å². The minimum Gasteiger partial charge on any atom is -0.341 e. The van der Waals surface area contributed by atoms with Crippen LogP contribution in [0.15, 0.2) is 18.6 Å². The van der Waals surface area contributed by atoms with Gasteiger partial charge in [0.15, 0.2) is 0 Å². The molecule has 1 atom stereocenters. The van der Waals surface area contributed by atoms with Crippen LogP contribution in [-0.2, 0) is 7.05 Å². The van der Waals surface area contributed by atoms with Gasteiger partial charge in [-0.2, -0.15) is 5.10 Å². The summed E-state index contributed by atoms with van der Waals surface area (Å²) >= 11 is 0. The molecule has 15 heavy (non-hydrogen) atoms. The predicted molar refractivity (Wildman–Crippen MR) is 58.0 cm³/mol. The summed E-state index contributed by atoms with van der Waals surface area (Å²) in [5, 5.41) is 4.10. The topological polar surface area (TPSA) is 72.5 Å². The Kier molecular flexibility index (Phi) is 2.55. The van der Waals surface area contributed by atoms with Crippen molar-refractivity contribution >= 4 is 0 Å². The molecule has 80 valence electrons. The Morgan fingerprint density at radius 2 is 2.33 bits per heavy atom. The average Bonchev–Trinajstić information content (AvgIpc) is 2.84. The summed E-state index contributed by atoms with van der Waals surface area (Å²) in [6, 6.07) is -0.0181. The number of aromatic amines is 1. The molecule has 1 unspecified atom stereocenters. The van der Waals surface area contributed by atoms with E-state index in [2.05, 4.69) is 15.1 Å². The van der Waals surface area contributed by atoms with Gasteiger partial charge in [0.25, 0.3) is 0 Å². The van der Waals surface area contributed by atoms with E-state index < -0.39 is 0 Å². The van der Waals surface area contributed by atoms with Crippen LogP contribution in [0.5, 0.6) is 0 Å². The molecule has 0 fully saturated rings. The summed E-state index contributed by atoms with van der Waals surface area (Å²) in [7, 11) is 1.89. The summed E-state index contributed by atoms with van der Waals surface area (Å²) in [4.78, 5) is 7.46. The maximum absolute atomic E-state index is 5.88. The molecule has 0 amide bonds. The minimum absolute atomic E-state index is 0.0181. The summed E-state index contributed by atoms with van der Waals surface area (Å²) in [6.07, 6.45) is 6.41. The molecule has 5 heteroatoms. The molecule has 0 bridgehead atoms. The Morgan fingerprint density at radius 3 is 2.93 bits per heavy atom. The fourth-order valence-corrected chi connectivity index (χ4v) is 1.43. The largest absolute Gasteiger partial charge is 0.341 e.